The summed E-state index contributed by atoms with van der Waals surface area (Å²) in [5, 5.41) is 0. The zero-order valence-electron chi connectivity index (χ0n) is 5.96. The first kappa shape index (κ1) is 5.66. The van der Waals surface area contributed by atoms with Gasteiger partial charge < -0.3 is 0 Å². The Hall–Kier alpha value is -1.11. The number of hydrogen-bond acceptors (Lipinski definition) is 1. The molecule has 0 aromatic carbocycles. The minimum atomic E-state index is 1.04. The van der Waals surface area contributed by atoms with Crippen molar-refractivity contribution in [1.29, 1.82) is 0 Å². The average molecular weight is 131 g/mol. The lowest BCUT2D eigenvalue weighted by Gasteiger charge is -1.85. The second-order valence-electron chi connectivity index (χ2n) is 2.47. The van der Waals surface area contributed by atoms with Gasteiger partial charge in [-0.2, -0.15) is 0 Å². The Balaban J connectivity index is 2.38. The van der Waals surface area contributed by atoms with Crippen molar-refractivity contribution in [2.75, 3.05) is 0 Å². The van der Waals surface area contributed by atoms with Crippen molar-refractivity contribution in [2.45, 2.75) is 13.3 Å². The van der Waals surface area contributed by atoms with E-state index in [-0.39, 0.29) is 0 Å². The molecule has 0 aromatic rings. The highest BCUT2D eigenvalue weighted by Gasteiger charge is 2.12. The van der Waals surface area contributed by atoms with E-state index in [2.05, 4.69) is 30.1 Å². The van der Waals surface area contributed by atoms with E-state index in [0.29, 0.717) is 0 Å². The van der Waals surface area contributed by atoms with Gasteiger partial charge in [-0.1, -0.05) is 19.1 Å². The van der Waals surface area contributed by atoms with Crippen LogP contribution in [0.4, 0.5) is 0 Å². The fourth-order valence-corrected chi connectivity index (χ4v) is 1.20. The minimum Gasteiger partial charge on any atom is -0.253 e. The first-order valence-electron chi connectivity index (χ1n) is 3.58. The molecule has 0 saturated heterocycles. The smallest absolute Gasteiger partial charge is 0.0705 e. The molecular weight excluding hydrogens is 122 g/mol. The molecule has 50 valence electrons. The number of nitrogens with zero attached hydrogens (tertiary/aromatic N) is 1. The summed E-state index contributed by atoms with van der Waals surface area (Å²) in [6.45, 7) is 2.13. The monoisotopic (exact) mass is 131 g/mol. The fourth-order valence-electron chi connectivity index (χ4n) is 1.20. The average Bonchev–Trinajstić information content (AvgIpc) is 2.42. The van der Waals surface area contributed by atoms with Crippen LogP contribution in [-0.2, 0) is 0 Å². The summed E-state index contributed by atoms with van der Waals surface area (Å²) in [7, 11) is 0. The Morgan fingerprint density at radius 1 is 1.50 bits per heavy atom. The quantitative estimate of drug-likeness (QED) is 0.517. The topological polar surface area (TPSA) is 12.4 Å². The molecule has 0 spiro atoms. The lowest BCUT2D eigenvalue weighted by molar-refractivity contribution is 1.28. The summed E-state index contributed by atoms with van der Waals surface area (Å²) in [6, 6.07) is 0. The highest BCUT2D eigenvalue weighted by Crippen LogP contribution is 2.25. The van der Waals surface area contributed by atoms with Crippen LogP contribution in [-0.4, -0.2) is 5.71 Å². The van der Waals surface area contributed by atoms with Crippen LogP contribution in [0.15, 0.2) is 40.6 Å². The molecule has 0 saturated carbocycles. The molecule has 0 atom stereocenters. The first-order valence-corrected chi connectivity index (χ1v) is 3.58. The molecule has 0 radical (unpaired) electrons. The lowest BCUT2D eigenvalue weighted by atomic mass is 10.2. The maximum atomic E-state index is 4.39. The normalized spacial score (nSPS) is 20.3. The van der Waals surface area contributed by atoms with Crippen molar-refractivity contribution in [3.63, 3.8) is 0 Å². The summed E-state index contributed by atoms with van der Waals surface area (Å²) in [5.74, 6) is 0. The van der Waals surface area contributed by atoms with Gasteiger partial charge in [0.2, 0.25) is 0 Å². The maximum Gasteiger partial charge on any atom is 0.0705 e. The lowest BCUT2D eigenvalue weighted by Crippen LogP contribution is -1.83. The van der Waals surface area contributed by atoms with E-state index in [9.17, 15) is 0 Å². The van der Waals surface area contributed by atoms with E-state index < -0.39 is 0 Å². The Kier molecular flexibility index (Phi) is 1.10. The number of fused-ring (bicyclic) bond motifs is 1. The van der Waals surface area contributed by atoms with Gasteiger partial charge in [0.1, 0.15) is 0 Å². The standard InChI is InChI=1S/C9H9N/c1-2-8-6-7-4-3-5-9(7)10-8/h3-6H,2H2,1H3. The summed E-state index contributed by atoms with van der Waals surface area (Å²) in [5.41, 5.74) is 3.61. The van der Waals surface area contributed by atoms with Crippen LogP contribution >= 0.6 is 0 Å². The number of hydrogen-bond donors (Lipinski definition) is 0. The largest absolute Gasteiger partial charge is 0.253 e. The zero-order valence-corrected chi connectivity index (χ0v) is 5.96. The van der Waals surface area contributed by atoms with Crippen LogP contribution in [0, 0.1) is 0 Å². The van der Waals surface area contributed by atoms with E-state index in [0.717, 1.165) is 12.1 Å². The molecule has 0 amide bonds. The molecule has 0 fully saturated rings. The highest BCUT2D eigenvalue weighted by atomic mass is 14.8. The molecule has 0 aromatic heterocycles. The number of allylic oxidation sites excluding steroid dienone is 4. The Morgan fingerprint density at radius 3 is 3.10 bits per heavy atom. The van der Waals surface area contributed by atoms with Gasteiger partial charge in [-0.15, -0.1) is 0 Å². The van der Waals surface area contributed by atoms with Gasteiger partial charge in [-0.3, -0.25) is 4.99 Å². The van der Waals surface area contributed by atoms with Gasteiger partial charge in [0.15, 0.2) is 0 Å². The Labute approximate surface area is 60.5 Å². The molecule has 1 heteroatoms. The molecular formula is C9H9N. The fraction of sp³-hybridized carbons (Fsp3) is 0.222. The number of rotatable bonds is 1. The van der Waals surface area contributed by atoms with Crippen molar-refractivity contribution in [1.82, 2.24) is 0 Å². The summed E-state index contributed by atoms with van der Waals surface area (Å²) in [6.07, 6.45) is 9.37. The van der Waals surface area contributed by atoms with E-state index in [1.54, 1.807) is 0 Å². The molecule has 10 heavy (non-hydrogen) atoms. The van der Waals surface area contributed by atoms with Gasteiger partial charge in [0.25, 0.3) is 0 Å². The predicted octanol–water partition coefficient (Wildman–Crippen LogP) is 2.23. The molecule has 1 nitrogen and oxygen atoms in total. The predicted molar refractivity (Wildman–Crippen MR) is 43.0 cm³/mol. The van der Waals surface area contributed by atoms with Crippen molar-refractivity contribution in [3.05, 3.63) is 35.6 Å². The highest BCUT2D eigenvalue weighted by molar-refractivity contribution is 6.00. The molecule has 1 heterocycles. The van der Waals surface area contributed by atoms with Gasteiger partial charge in [-0.25, -0.2) is 0 Å². The first-order chi connectivity index (χ1) is 4.90. The van der Waals surface area contributed by atoms with Gasteiger partial charge in [0.05, 0.1) is 5.70 Å². The second-order valence-corrected chi connectivity index (χ2v) is 2.47. The Morgan fingerprint density at radius 2 is 2.40 bits per heavy atom. The van der Waals surface area contributed by atoms with E-state index >= 15 is 0 Å². The molecule has 0 N–H and O–H groups in total. The summed E-state index contributed by atoms with van der Waals surface area (Å²) in [4.78, 5) is 4.39. The molecule has 1 aliphatic carbocycles. The third kappa shape index (κ3) is 0.670. The van der Waals surface area contributed by atoms with Crippen LogP contribution in [0.3, 0.4) is 0 Å². The Bertz CT molecular complexity index is 277. The van der Waals surface area contributed by atoms with Gasteiger partial charge in [-0.05, 0) is 18.6 Å². The van der Waals surface area contributed by atoms with Crippen molar-refractivity contribution < 1.29 is 0 Å². The second kappa shape index (κ2) is 1.94. The maximum absolute atomic E-state index is 4.39. The van der Waals surface area contributed by atoms with E-state index in [1.807, 2.05) is 6.08 Å². The third-order valence-electron chi connectivity index (χ3n) is 1.77. The van der Waals surface area contributed by atoms with Gasteiger partial charge in [0, 0.05) is 11.3 Å². The van der Waals surface area contributed by atoms with Crippen LogP contribution in [0.5, 0.6) is 0 Å². The van der Waals surface area contributed by atoms with Crippen LogP contribution < -0.4 is 0 Å². The molecule has 0 bridgehead atoms. The van der Waals surface area contributed by atoms with Crippen LogP contribution in [0.2, 0.25) is 0 Å². The van der Waals surface area contributed by atoms with Crippen molar-refractivity contribution in [2.24, 2.45) is 4.99 Å². The minimum absolute atomic E-state index is 1.04. The summed E-state index contributed by atoms with van der Waals surface area (Å²) < 4.78 is 0. The number of aliphatic imine (C=N–C) groups is 1. The molecule has 2 aliphatic rings. The van der Waals surface area contributed by atoms with Gasteiger partial charge >= 0.3 is 0 Å². The molecule has 2 rings (SSSR count). The summed E-state index contributed by atoms with van der Waals surface area (Å²) >= 11 is 0. The zero-order chi connectivity index (χ0) is 6.97. The van der Waals surface area contributed by atoms with E-state index in [4.69, 9.17) is 0 Å². The molecule has 1 aliphatic heterocycles. The van der Waals surface area contributed by atoms with Crippen LogP contribution in [0.25, 0.3) is 0 Å². The molecule has 0 unspecified atom stereocenters. The van der Waals surface area contributed by atoms with Crippen molar-refractivity contribution >= 4 is 5.71 Å². The van der Waals surface area contributed by atoms with E-state index in [1.165, 1.54) is 11.3 Å². The SMILES string of the molecule is CCC1=NC2=CC=CC2=C1. The third-order valence-corrected chi connectivity index (χ3v) is 1.77. The van der Waals surface area contributed by atoms with Crippen molar-refractivity contribution in [3.8, 4) is 0 Å². The van der Waals surface area contributed by atoms with Crippen LogP contribution in [0.1, 0.15) is 13.3 Å².